The second-order valence-electron chi connectivity index (χ2n) is 5.38. The number of nitrogens with zero attached hydrogens (tertiary/aromatic N) is 1. The van der Waals surface area contributed by atoms with Crippen molar-refractivity contribution in [2.75, 3.05) is 0 Å². The number of halogens is 1. The van der Waals surface area contributed by atoms with Gasteiger partial charge in [-0.1, -0.05) is 59.6 Å². The summed E-state index contributed by atoms with van der Waals surface area (Å²) in [5.41, 5.74) is 3.47. The van der Waals surface area contributed by atoms with Gasteiger partial charge in [0.05, 0.1) is 6.54 Å². The van der Waals surface area contributed by atoms with Crippen molar-refractivity contribution in [2.24, 2.45) is 0 Å². The van der Waals surface area contributed by atoms with Crippen molar-refractivity contribution in [1.82, 2.24) is 10.2 Å². The fourth-order valence-corrected chi connectivity index (χ4v) is 2.79. The molecule has 2 aromatic rings. The molecule has 0 aromatic heterocycles. The molecule has 23 heavy (non-hydrogen) atoms. The lowest BCUT2D eigenvalue weighted by Gasteiger charge is -2.14. The normalized spacial score (nSPS) is 16.1. The second kappa shape index (κ2) is 6.52. The summed E-state index contributed by atoms with van der Waals surface area (Å²) in [4.78, 5) is 14.1. The largest absolute Gasteiger partial charge is 0.328 e. The third-order valence-corrected chi connectivity index (χ3v) is 4.33. The van der Waals surface area contributed by atoms with Crippen LogP contribution < -0.4 is 5.32 Å². The number of carbonyl (C=O) groups is 1. The van der Waals surface area contributed by atoms with E-state index in [1.807, 2.05) is 49.4 Å². The summed E-state index contributed by atoms with van der Waals surface area (Å²) in [7, 11) is 0. The molecule has 0 saturated carbocycles. The van der Waals surface area contributed by atoms with Gasteiger partial charge in [0.15, 0.2) is 5.11 Å². The van der Waals surface area contributed by atoms with Crippen molar-refractivity contribution in [3.05, 3.63) is 75.9 Å². The first-order valence-corrected chi connectivity index (χ1v) is 7.98. The molecule has 2 aromatic carbocycles. The van der Waals surface area contributed by atoms with E-state index >= 15 is 0 Å². The van der Waals surface area contributed by atoms with Gasteiger partial charge in [0.2, 0.25) is 0 Å². The highest BCUT2D eigenvalue weighted by atomic mass is 35.5. The third-order valence-electron chi connectivity index (χ3n) is 3.64. The number of hydrogen-bond donors (Lipinski definition) is 1. The minimum absolute atomic E-state index is 0.143. The van der Waals surface area contributed by atoms with Crippen LogP contribution in [0.4, 0.5) is 0 Å². The molecule has 1 fully saturated rings. The fourth-order valence-electron chi connectivity index (χ4n) is 2.34. The van der Waals surface area contributed by atoms with Crippen LogP contribution in [0.25, 0.3) is 6.08 Å². The van der Waals surface area contributed by atoms with E-state index in [0.29, 0.717) is 22.4 Å². The quantitative estimate of drug-likeness (QED) is 0.678. The average Bonchev–Trinajstić information content (AvgIpc) is 2.79. The molecule has 1 heterocycles. The second-order valence-corrected chi connectivity index (χ2v) is 6.18. The van der Waals surface area contributed by atoms with E-state index in [1.165, 1.54) is 10.5 Å². The van der Waals surface area contributed by atoms with Crippen LogP contribution in [0.5, 0.6) is 0 Å². The van der Waals surface area contributed by atoms with Crippen molar-refractivity contribution in [1.29, 1.82) is 0 Å². The van der Waals surface area contributed by atoms with Crippen LogP contribution in [0.15, 0.2) is 54.2 Å². The highest BCUT2D eigenvalue weighted by Crippen LogP contribution is 2.21. The van der Waals surface area contributed by atoms with Gasteiger partial charge in [-0.2, -0.15) is 0 Å². The molecule has 0 spiro atoms. The number of thiocarbonyl (C=S) groups is 1. The number of nitrogens with one attached hydrogen (secondary N) is 1. The maximum Gasteiger partial charge on any atom is 0.276 e. The van der Waals surface area contributed by atoms with Crippen molar-refractivity contribution < 1.29 is 4.79 Å². The summed E-state index contributed by atoms with van der Waals surface area (Å²) in [6.07, 6.45) is 1.81. The Kier molecular flexibility index (Phi) is 4.46. The number of amides is 1. The Balaban J connectivity index is 1.82. The maximum absolute atomic E-state index is 12.6. The van der Waals surface area contributed by atoms with Gasteiger partial charge in [0.25, 0.3) is 5.91 Å². The number of benzene rings is 2. The molecule has 1 saturated heterocycles. The minimum atomic E-state index is -0.143. The SMILES string of the molecule is Cc1ccc(/C=C2\NC(=S)N(Cc3ccccc3Cl)C2=O)cc1. The molecule has 3 rings (SSSR count). The van der Waals surface area contributed by atoms with Gasteiger partial charge in [-0.15, -0.1) is 0 Å². The fraction of sp³-hybridized carbons (Fsp3) is 0.111. The van der Waals surface area contributed by atoms with Crippen molar-refractivity contribution in [2.45, 2.75) is 13.5 Å². The Labute approximate surface area is 145 Å². The molecule has 0 aliphatic carbocycles. The Bertz CT molecular complexity index is 799. The van der Waals surface area contributed by atoms with Crippen LogP contribution in [0.2, 0.25) is 5.02 Å². The first kappa shape index (κ1) is 15.7. The Morgan fingerprint density at radius 2 is 1.87 bits per heavy atom. The van der Waals surface area contributed by atoms with Gasteiger partial charge in [0.1, 0.15) is 5.70 Å². The molecule has 5 heteroatoms. The first-order valence-electron chi connectivity index (χ1n) is 7.19. The lowest BCUT2D eigenvalue weighted by atomic mass is 10.1. The predicted molar refractivity (Wildman–Crippen MR) is 96.9 cm³/mol. The molecule has 0 bridgehead atoms. The summed E-state index contributed by atoms with van der Waals surface area (Å²) in [5, 5.41) is 4.00. The smallest absolute Gasteiger partial charge is 0.276 e. The molecule has 0 unspecified atom stereocenters. The van der Waals surface area contributed by atoms with Crippen LogP contribution in [-0.2, 0) is 11.3 Å². The summed E-state index contributed by atoms with van der Waals surface area (Å²) in [5.74, 6) is -0.143. The van der Waals surface area contributed by atoms with Crippen molar-refractivity contribution in [3.8, 4) is 0 Å². The third kappa shape index (κ3) is 3.44. The Morgan fingerprint density at radius 1 is 1.17 bits per heavy atom. The van der Waals surface area contributed by atoms with E-state index < -0.39 is 0 Å². The standard InChI is InChI=1S/C18H15ClN2OS/c1-12-6-8-13(9-7-12)10-16-17(22)21(18(23)20-16)11-14-4-2-3-5-15(14)19/h2-10H,11H2,1H3,(H,20,23)/b16-10-. The van der Waals surface area contributed by atoms with Gasteiger partial charge < -0.3 is 5.32 Å². The van der Waals surface area contributed by atoms with E-state index in [4.69, 9.17) is 23.8 Å². The molecule has 1 amide bonds. The average molecular weight is 343 g/mol. The van der Waals surface area contributed by atoms with Gasteiger partial charge in [-0.05, 0) is 42.4 Å². The minimum Gasteiger partial charge on any atom is -0.328 e. The topological polar surface area (TPSA) is 32.3 Å². The molecule has 0 atom stereocenters. The van der Waals surface area contributed by atoms with Gasteiger partial charge in [-0.3, -0.25) is 9.69 Å². The Hall–Kier alpha value is -2.17. The molecule has 1 aliphatic heterocycles. The summed E-state index contributed by atoms with van der Waals surface area (Å²) in [6.45, 7) is 2.38. The summed E-state index contributed by atoms with van der Waals surface area (Å²) in [6, 6.07) is 15.4. The van der Waals surface area contributed by atoms with Crippen molar-refractivity contribution >= 4 is 40.9 Å². The van der Waals surface area contributed by atoms with Crippen LogP contribution >= 0.6 is 23.8 Å². The predicted octanol–water partition coefficient (Wildman–Crippen LogP) is 3.91. The summed E-state index contributed by atoms with van der Waals surface area (Å²) < 4.78 is 0. The number of hydrogen-bond acceptors (Lipinski definition) is 2. The number of carbonyl (C=O) groups excluding carboxylic acids is 1. The molecule has 0 radical (unpaired) electrons. The molecule has 3 nitrogen and oxygen atoms in total. The van der Waals surface area contributed by atoms with Gasteiger partial charge >= 0.3 is 0 Å². The first-order chi connectivity index (χ1) is 11.0. The molecule has 1 N–H and O–H groups in total. The van der Waals surface area contributed by atoms with Crippen LogP contribution in [0, 0.1) is 6.92 Å². The maximum atomic E-state index is 12.6. The van der Waals surface area contributed by atoms with E-state index in [0.717, 1.165) is 11.1 Å². The van der Waals surface area contributed by atoms with E-state index in [9.17, 15) is 4.79 Å². The highest BCUT2D eigenvalue weighted by molar-refractivity contribution is 7.80. The van der Waals surface area contributed by atoms with E-state index in [1.54, 1.807) is 12.1 Å². The molecular weight excluding hydrogens is 328 g/mol. The lowest BCUT2D eigenvalue weighted by molar-refractivity contribution is -0.122. The zero-order valence-electron chi connectivity index (χ0n) is 12.5. The molecule has 1 aliphatic rings. The van der Waals surface area contributed by atoms with Crippen molar-refractivity contribution in [3.63, 3.8) is 0 Å². The zero-order valence-corrected chi connectivity index (χ0v) is 14.1. The van der Waals surface area contributed by atoms with E-state index in [-0.39, 0.29) is 5.91 Å². The van der Waals surface area contributed by atoms with Crippen LogP contribution in [-0.4, -0.2) is 15.9 Å². The highest BCUT2D eigenvalue weighted by Gasteiger charge is 2.30. The van der Waals surface area contributed by atoms with Crippen LogP contribution in [0.3, 0.4) is 0 Å². The Morgan fingerprint density at radius 3 is 2.57 bits per heavy atom. The van der Waals surface area contributed by atoms with Crippen LogP contribution in [0.1, 0.15) is 16.7 Å². The summed E-state index contributed by atoms with van der Waals surface area (Å²) >= 11 is 11.4. The molecule has 116 valence electrons. The lowest BCUT2D eigenvalue weighted by Crippen LogP contribution is -2.30. The zero-order chi connectivity index (χ0) is 16.4. The molecular formula is C18H15ClN2OS. The number of aryl methyl sites for hydroxylation is 1. The van der Waals surface area contributed by atoms with E-state index in [2.05, 4.69) is 5.32 Å². The van der Waals surface area contributed by atoms with Gasteiger partial charge in [0, 0.05) is 5.02 Å². The monoisotopic (exact) mass is 342 g/mol. The number of rotatable bonds is 3. The van der Waals surface area contributed by atoms with Gasteiger partial charge in [-0.25, -0.2) is 0 Å².